The number of nitrogens with zero attached hydrogens (tertiary/aromatic N) is 3. The van der Waals surface area contributed by atoms with Gasteiger partial charge in [0.2, 0.25) is 5.78 Å². The van der Waals surface area contributed by atoms with Crippen LogP contribution in [0, 0.1) is 0 Å². The molecular formula is C7H8N3P. The van der Waals surface area contributed by atoms with Crippen LogP contribution in [-0.2, 0) is 0 Å². The van der Waals surface area contributed by atoms with Crippen molar-refractivity contribution in [1.82, 2.24) is 14.4 Å². The molecule has 0 bridgehead atoms. The van der Waals surface area contributed by atoms with E-state index < -0.39 is 0 Å². The summed E-state index contributed by atoms with van der Waals surface area (Å²) in [5, 5.41) is 1.26. The molecule has 0 aliphatic rings. The van der Waals surface area contributed by atoms with E-state index in [0.29, 0.717) is 0 Å². The van der Waals surface area contributed by atoms with Gasteiger partial charge in [-0.2, -0.15) is 0 Å². The van der Waals surface area contributed by atoms with Crippen LogP contribution in [0.2, 0.25) is 0 Å². The Morgan fingerprint density at radius 1 is 1.45 bits per heavy atom. The molecule has 0 fully saturated rings. The lowest BCUT2D eigenvalue weighted by Crippen LogP contribution is -1.99. The molecule has 0 spiro atoms. The second kappa shape index (κ2) is 2.59. The van der Waals surface area contributed by atoms with Gasteiger partial charge in [0.1, 0.15) is 0 Å². The highest BCUT2D eigenvalue weighted by atomic mass is 31.1. The van der Waals surface area contributed by atoms with Crippen molar-refractivity contribution in [2.75, 3.05) is 6.66 Å². The quantitative estimate of drug-likeness (QED) is 0.581. The molecule has 1 atom stereocenters. The molecule has 0 aliphatic carbocycles. The molecule has 0 saturated carbocycles. The molecule has 1 unspecified atom stereocenters. The average Bonchev–Trinajstić information content (AvgIpc) is 2.50. The van der Waals surface area contributed by atoms with Crippen molar-refractivity contribution in [2.24, 2.45) is 0 Å². The van der Waals surface area contributed by atoms with Crippen molar-refractivity contribution in [3.05, 3.63) is 24.8 Å². The van der Waals surface area contributed by atoms with Gasteiger partial charge in [-0.05, 0) is 6.66 Å². The van der Waals surface area contributed by atoms with Crippen molar-refractivity contribution < 1.29 is 0 Å². The minimum atomic E-state index is 0.770. The lowest BCUT2D eigenvalue weighted by atomic mass is 10.6. The zero-order chi connectivity index (χ0) is 7.68. The number of fused-ring (bicyclic) bond motifs is 1. The van der Waals surface area contributed by atoms with Gasteiger partial charge in [-0.15, -0.1) is 0 Å². The second-order valence-corrected chi connectivity index (χ2v) is 3.30. The molecule has 0 saturated heterocycles. The molecule has 0 aromatic carbocycles. The van der Waals surface area contributed by atoms with Gasteiger partial charge < -0.3 is 0 Å². The van der Waals surface area contributed by atoms with Crippen LogP contribution in [-0.4, -0.2) is 21.0 Å². The zero-order valence-electron chi connectivity index (χ0n) is 6.15. The Labute approximate surface area is 66.3 Å². The van der Waals surface area contributed by atoms with Crippen LogP contribution in [0.5, 0.6) is 0 Å². The molecule has 0 radical (unpaired) electrons. The third-order valence-electron chi connectivity index (χ3n) is 1.53. The maximum absolute atomic E-state index is 4.17. The van der Waals surface area contributed by atoms with Crippen LogP contribution in [0.1, 0.15) is 0 Å². The molecule has 2 aromatic heterocycles. The Bertz CT molecular complexity index is 368. The molecular weight excluding hydrogens is 157 g/mol. The SMILES string of the molecule is CPc1cnc2nccn2c1. The van der Waals surface area contributed by atoms with Gasteiger partial charge in [0.25, 0.3) is 0 Å². The van der Waals surface area contributed by atoms with Crippen LogP contribution >= 0.6 is 8.58 Å². The van der Waals surface area contributed by atoms with Gasteiger partial charge in [0, 0.05) is 30.1 Å². The molecule has 2 aromatic rings. The summed E-state index contributed by atoms with van der Waals surface area (Å²) in [6.07, 6.45) is 7.60. The largest absolute Gasteiger partial charge is 0.291 e. The third kappa shape index (κ3) is 1.12. The van der Waals surface area contributed by atoms with E-state index >= 15 is 0 Å². The minimum Gasteiger partial charge on any atom is -0.291 e. The van der Waals surface area contributed by atoms with Crippen LogP contribution in [0.15, 0.2) is 24.8 Å². The van der Waals surface area contributed by atoms with Gasteiger partial charge in [-0.1, -0.05) is 8.58 Å². The summed E-state index contributed by atoms with van der Waals surface area (Å²) in [5.74, 6) is 0.770. The third-order valence-corrected chi connectivity index (χ3v) is 2.37. The van der Waals surface area contributed by atoms with E-state index in [4.69, 9.17) is 0 Å². The summed E-state index contributed by atoms with van der Waals surface area (Å²) in [4.78, 5) is 8.22. The highest BCUT2D eigenvalue weighted by molar-refractivity contribution is 7.46. The Balaban J connectivity index is 2.67. The first-order chi connectivity index (χ1) is 5.40. The Kier molecular flexibility index (Phi) is 1.59. The molecule has 56 valence electrons. The number of rotatable bonds is 1. The number of hydrogen-bond acceptors (Lipinski definition) is 2. The molecule has 3 nitrogen and oxygen atoms in total. The predicted molar refractivity (Wildman–Crippen MR) is 46.9 cm³/mol. The van der Waals surface area contributed by atoms with Crippen molar-refractivity contribution in [2.45, 2.75) is 0 Å². The summed E-state index contributed by atoms with van der Waals surface area (Å²) in [6, 6.07) is 0. The summed E-state index contributed by atoms with van der Waals surface area (Å²) in [6.45, 7) is 2.14. The van der Waals surface area contributed by atoms with E-state index in [9.17, 15) is 0 Å². The molecule has 0 N–H and O–H groups in total. The number of aromatic nitrogens is 3. The summed E-state index contributed by atoms with van der Waals surface area (Å²) in [5.41, 5.74) is 0. The average molecular weight is 165 g/mol. The van der Waals surface area contributed by atoms with Crippen molar-refractivity contribution in [3.8, 4) is 0 Å². The maximum atomic E-state index is 4.17. The van der Waals surface area contributed by atoms with E-state index in [-0.39, 0.29) is 0 Å². The number of hydrogen-bond donors (Lipinski definition) is 0. The van der Waals surface area contributed by atoms with Crippen LogP contribution in [0.3, 0.4) is 0 Å². The van der Waals surface area contributed by atoms with E-state index in [1.54, 1.807) is 6.20 Å². The molecule has 0 aliphatic heterocycles. The standard InChI is InChI=1S/C7H8N3P/c1-11-6-4-9-7-8-2-3-10(7)5-6/h2-5,11H,1H3. The molecule has 11 heavy (non-hydrogen) atoms. The van der Waals surface area contributed by atoms with Crippen LogP contribution in [0.4, 0.5) is 0 Å². The minimum absolute atomic E-state index is 0.770. The first-order valence-electron chi connectivity index (χ1n) is 3.36. The zero-order valence-corrected chi connectivity index (χ0v) is 7.15. The molecule has 2 heterocycles. The van der Waals surface area contributed by atoms with Crippen molar-refractivity contribution >= 4 is 19.7 Å². The highest BCUT2D eigenvalue weighted by Crippen LogP contribution is 2.02. The Hall–Kier alpha value is -0.950. The van der Waals surface area contributed by atoms with Gasteiger partial charge >= 0.3 is 0 Å². The van der Waals surface area contributed by atoms with Crippen LogP contribution < -0.4 is 5.30 Å². The summed E-state index contributed by atoms with van der Waals surface area (Å²) in [7, 11) is 0.795. The van der Waals surface area contributed by atoms with Gasteiger partial charge in [-0.25, -0.2) is 9.97 Å². The Morgan fingerprint density at radius 3 is 3.18 bits per heavy atom. The van der Waals surface area contributed by atoms with Crippen LogP contribution in [0.25, 0.3) is 5.78 Å². The molecule has 4 heteroatoms. The monoisotopic (exact) mass is 165 g/mol. The van der Waals surface area contributed by atoms with Gasteiger partial charge in [0.15, 0.2) is 0 Å². The first kappa shape index (κ1) is 6.74. The van der Waals surface area contributed by atoms with Gasteiger partial charge in [-0.3, -0.25) is 4.40 Å². The maximum Gasteiger partial charge on any atom is 0.233 e. The van der Waals surface area contributed by atoms with Crippen molar-refractivity contribution in [3.63, 3.8) is 0 Å². The van der Waals surface area contributed by atoms with Gasteiger partial charge in [0.05, 0.1) is 0 Å². The topological polar surface area (TPSA) is 30.2 Å². The fourth-order valence-electron chi connectivity index (χ4n) is 0.945. The molecule has 0 amide bonds. The highest BCUT2D eigenvalue weighted by Gasteiger charge is 1.94. The second-order valence-electron chi connectivity index (χ2n) is 2.23. The summed E-state index contributed by atoms with van der Waals surface area (Å²) < 4.78 is 1.94. The lowest BCUT2D eigenvalue weighted by molar-refractivity contribution is 1.12. The summed E-state index contributed by atoms with van der Waals surface area (Å²) >= 11 is 0. The van der Waals surface area contributed by atoms with E-state index in [1.165, 1.54) is 5.30 Å². The van der Waals surface area contributed by atoms with Crippen molar-refractivity contribution in [1.29, 1.82) is 0 Å². The van der Waals surface area contributed by atoms with E-state index in [2.05, 4.69) is 22.8 Å². The number of imidazole rings is 1. The Morgan fingerprint density at radius 2 is 2.36 bits per heavy atom. The normalized spacial score (nSPS) is 11.7. The fraction of sp³-hybridized carbons (Fsp3) is 0.143. The van der Waals surface area contributed by atoms with E-state index in [1.807, 2.05) is 16.8 Å². The predicted octanol–water partition coefficient (Wildman–Crippen LogP) is 0.663. The lowest BCUT2D eigenvalue weighted by Gasteiger charge is -1.95. The molecule has 2 rings (SSSR count). The first-order valence-corrected chi connectivity index (χ1v) is 4.86. The fourth-order valence-corrected chi connectivity index (χ4v) is 1.41. The smallest absolute Gasteiger partial charge is 0.233 e. The van der Waals surface area contributed by atoms with E-state index in [0.717, 1.165) is 14.4 Å².